The van der Waals surface area contributed by atoms with Crippen molar-refractivity contribution in [3.8, 4) is 0 Å². The van der Waals surface area contributed by atoms with Crippen molar-refractivity contribution in [1.29, 1.82) is 0 Å². The number of aromatic nitrogens is 1. The van der Waals surface area contributed by atoms with Crippen molar-refractivity contribution >= 4 is 40.0 Å². The fourth-order valence-corrected chi connectivity index (χ4v) is 2.44. The second kappa shape index (κ2) is 6.58. The Balaban J connectivity index is 2.76. The molecule has 0 fully saturated rings. The highest BCUT2D eigenvalue weighted by Gasteiger charge is 2.21. The number of pyridine rings is 1. The van der Waals surface area contributed by atoms with Gasteiger partial charge in [-0.25, -0.2) is 0 Å². The highest BCUT2D eigenvalue weighted by molar-refractivity contribution is 6.22. The molecule has 5 nitrogen and oxygen atoms in total. The highest BCUT2D eigenvalue weighted by Crippen LogP contribution is 2.33. The molecule has 7 heteroatoms. The molecule has 0 aliphatic rings. The lowest BCUT2D eigenvalue weighted by atomic mass is 10.0. The Morgan fingerprint density at radius 2 is 1.90 bits per heavy atom. The summed E-state index contributed by atoms with van der Waals surface area (Å²) in [5.74, 6) is -0.623. The summed E-state index contributed by atoms with van der Waals surface area (Å²) in [4.78, 5) is 15.8. The minimum absolute atomic E-state index is 0.213. The number of ether oxygens (including phenoxy) is 2. The summed E-state index contributed by atoms with van der Waals surface area (Å²) in [6.07, 6.45) is 1.39. The van der Waals surface area contributed by atoms with Crippen LogP contribution in [0.5, 0.6) is 0 Å². The summed E-state index contributed by atoms with van der Waals surface area (Å²) in [6.45, 7) is 0. The van der Waals surface area contributed by atoms with E-state index in [0.717, 1.165) is 5.56 Å². The first-order valence-electron chi connectivity index (χ1n) is 6.05. The van der Waals surface area contributed by atoms with Crippen molar-refractivity contribution in [1.82, 2.24) is 4.98 Å². The summed E-state index contributed by atoms with van der Waals surface area (Å²) in [5.41, 5.74) is 5.99. The molecule has 0 spiro atoms. The van der Waals surface area contributed by atoms with Gasteiger partial charge in [-0.05, 0) is 17.7 Å². The van der Waals surface area contributed by atoms with Gasteiger partial charge < -0.3 is 15.2 Å². The van der Waals surface area contributed by atoms with Crippen LogP contribution in [0.1, 0.15) is 32.6 Å². The van der Waals surface area contributed by atoms with Gasteiger partial charge in [0.2, 0.25) is 0 Å². The number of carbonyl (C=O) groups excluding carboxylic acids is 1. The zero-order valence-corrected chi connectivity index (χ0v) is 13.0. The second-order valence-corrected chi connectivity index (χ2v) is 5.12. The molecule has 1 aromatic heterocycles. The number of alkyl halides is 2. The number of primary amides is 1. The maximum atomic E-state index is 11.6. The lowest BCUT2D eigenvalue weighted by molar-refractivity contribution is 0.0994. The lowest BCUT2D eigenvalue weighted by Gasteiger charge is -2.16. The van der Waals surface area contributed by atoms with Crippen LogP contribution in [-0.4, -0.2) is 25.1 Å². The molecule has 2 unspecified atom stereocenters. The van der Waals surface area contributed by atoms with Gasteiger partial charge in [0.05, 0.1) is 11.1 Å². The molecule has 0 radical (unpaired) electrons. The molecular weight excluding hydrogens is 315 g/mol. The number of methoxy groups -OCH3 is 2. The van der Waals surface area contributed by atoms with Crippen LogP contribution in [-0.2, 0) is 9.47 Å². The monoisotopic (exact) mass is 328 g/mol. The quantitative estimate of drug-likeness (QED) is 0.856. The van der Waals surface area contributed by atoms with E-state index in [2.05, 4.69) is 4.98 Å². The van der Waals surface area contributed by atoms with Crippen LogP contribution in [0.15, 0.2) is 24.4 Å². The van der Waals surface area contributed by atoms with Crippen molar-refractivity contribution < 1.29 is 14.3 Å². The third-order valence-corrected chi connectivity index (χ3v) is 3.93. The Bertz CT molecular complexity index is 679. The van der Waals surface area contributed by atoms with Gasteiger partial charge in [-0.3, -0.25) is 9.78 Å². The molecule has 0 aliphatic heterocycles. The Morgan fingerprint density at radius 1 is 1.24 bits per heavy atom. The predicted octanol–water partition coefficient (Wildman–Crippen LogP) is 3.10. The molecule has 1 aromatic carbocycles. The summed E-state index contributed by atoms with van der Waals surface area (Å²) in [5, 5.41) is 0.647. The SMILES string of the molecule is COC(Cl)c1ccc2ncc(C(N)=O)c(C(Cl)OC)c2c1. The van der Waals surface area contributed by atoms with Crippen LogP contribution >= 0.6 is 23.2 Å². The number of amides is 1. The van der Waals surface area contributed by atoms with Gasteiger partial charge >= 0.3 is 0 Å². The average molecular weight is 329 g/mol. The van der Waals surface area contributed by atoms with Gasteiger partial charge in [0.15, 0.2) is 11.1 Å². The maximum Gasteiger partial charge on any atom is 0.250 e. The number of hydrogen-bond donors (Lipinski definition) is 1. The van der Waals surface area contributed by atoms with Gasteiger partial charge in [-0.1, -0.05) is 29.3 Å². The lowest BCUT2D eigenvalue weighted by Crippen LogP contribution is -2.16. The van der Waals surface area contributed by atoms with Crippen molar-refractivity contribution in [2.75, 3.05) is 14.2 Å². The standard InChI is InChI=1S/C14H14Cl2N2O3/c1-20-12(15)7-3-4-10-8(5-7)11(13(16)21-2)9(6-18-10)14(17)19/h3-6,12-13H,1-2H3,(H2,17,19). The molecule has 2 N–H and O–H groups in total. The first kappa shape index (κ1) is 16.0. The Morgan fingerprint density at radius 3 is 2.48 bits per heavy atom. The van der Waals surface area contributed by atoms with Crippen molar-refractivity contribution in [3.63, 3.8) is 0 Å². The van der Waals surface area contributed by atoms with E-state index in [4.69, 9.17) is 38.4 Å². The fraction of sp³-hybridized carbons (Fsp3) is 0.286. The van der Waals surface area contributed by atoms with Gasteiger partial charge in [-0.15, -0.1) is 0 Å². The Labute approximate surface area is 131 Å². The number of carbonyl (C=O) groups is 1. The van der Waals surface area contributed by atoms with Crippen LogP contribution in [0.4, 0.5) is 0 Å². The van der Waals surface area contributed by atoms with Gasteiger partial charge in [-0.2, -0.15) is 0 Å². The molecule has 0 aliphatic carbocycles. The number of nitrogens with two attached hydrogens (primary N) is 1. The predicted molar refractivity (Wildman–Crippen MR) is 81.5 cm³/mol. The van der Waals surface area contributed by atoms with Crippen LogP contribution in [0, 0.1) is 0 Å². The fourth-order valence-electron chi connectivity index (χ4n) is 2.07. The molecule has 0 saturated carbocycles. The highest BCUT2D eigenvalue weighted by atomic mass is 35.5. The molecule has 1 amide bonds. The normalized spacial score (nSPS) is 14.1. The van der Waals surface area contributed by atoms with E-state index in [-0.39, 0.29) is 5.56 Å². The van der Waals surface area contributed by atoms with Gasteiger partial charge in [0, 0.05) is 31.4 Å². The smallest absolute Gasteiger partial charge is 0.250 e. The third kappa shape index (κ3) is 3.11. The first-order chi connectivity index (χ1) is 9.99. The van der Waals surface area contributed by atoms with Gasteiger partial charge in [0.1, 0.15) is 0 Å². The molecule has 0 bridgehead atoms. The van der Waals surface area contributed by atoms with Crippen LogP contribution in [0.2, 0.25) is 0 Å². The second-order valence-electron chi connectivity index (χ2n) is 4.33. The van der Waals surface area contributed by atoms with Crippen LogP contribution < -0.4 is 5.73 Å². The molecule has 2 rings (SSSR count). The van der Waals surface area contributed by atoms with Crippen molar-refractivity contribution in [2.24, 2.45) is 5.73 Å². The summed E-state index contributed by atoms with van der Waals surface area (Å²) < 4.78 is 10.2. The van der Waals surface area contributed by atoms with E-state index in [9.17, 15) is 4.79 Å². The number of fused-ring (bicyclic) bond motifs is 1. The van der Waals surface area contributed by atoms with E-state index in [1.165, 1.54) is 20.4 Å². The summed E-state index contributed by atoms with van der Waals surface area (Å²) >= 11 is 12.2. The minimum Gasteiger partial charge on any atom is -0.366 e. The first-order valence-corrected chi connectivity index (χ1v) is 6.93. The molecule has 1 heterocycles. The van der Waals surface area contributed by atoms with Crippen LogP contribution in [0.25, 0.3) is 10.9 Å². The number of rotatable bonds is 5. The van der Waals surface area contributed by atoms with Gasteiger partial charge in [0.25, 0.3) is 5.91 Å². The Kier molecular flexibility index (Phi) is 5.00. The van der Waals surface area contributed by atoms with E-state index < -0.39 is 17.0 Å². The topological polar surface area (TPSA) is 74.4 Å². The van der Waals surface area contributed by atoms with E-state index >= 15 is 0 Å². The summed E-state index contributed by atoms with van der Waals surface area (Å²) in [7, 11) is 2.94. The maximum absolute atomic E-state index is 11.6. The zero-order valence-electron chi connectivity index (χ0n) is 11.5. The Hall–Kier alpha value is -1.40. The number of nitrogens with zero attached hydrogens (tertiary/aromatic N) is 1. The number of hydrogen-bond acceptors (Lipinski definition) is 4. The molecule has 0 saturated heterocycles. The van der Waals surface area contributed by atoms with Crippen LogP contribution in [0.3, 0.4) is 0 Å². The average Bonchev–Trinajstić information content (AvgIpc) is 2.51. The largest absolute Gasteiger partial charge is 0.366 e. The molecule has 2 aromatic rings. The van der Waals surface area contributed by atoms with E-state index in [0.29, 0.717) is 16.5 Å². The third-order valence-electron chi connectivity index (χ3n) is 3.10. The van der Waals surface area contributed by atoms with Crippen molar-refractivity contribution in [2.45, 2.75) is 11.1 Å². The van der Waals surface area contributed by atoms with E-state index in [1.54, 1.807) is 18.2 Å². The van der Waals surface area contributed by atoms with Crippen molar-refractivity contribution in [3.05, 3.63) is 41.1 Å². The molecular formula is C14H14Cl2N2O3. The molecule has 2 atom stereocenters. The zero-order chi connectivity index (χ0) is 15.6. The molecule has 112 valence electrons. The minimum atomic E-state index is -0.829. The molecule has 21 heavy (non-hydrogen) atoms. The summed E-state index contributed by atoms with van der Waals surface area (Å²) in [6, 6.07) is 5.33. The number of halogens is 2. The van der Waals surface area contributed by atoms with E-state index in [1.807, 2.05) is 0 Å². The number of benzene rings is 1.